The Balaban J connectivity index is 2.28. The van der Waals surface area contributed by atoms with E-state index in [9.17, 15) is 4.79 Å². The van der Waals surface area contributed by atoms with E-state index in [1.165, 1.54) is 0 Å². The first-order valence-electron chi connectivity index (χ1n) is 5.57. The molecular weight excluding hydrogens is 192 g/mol. The fraction of sp³-hybridized carbons (Fsp3) is 0.909. The molecule has 0 aromatic rings. The van der Waals surface area contributed by atoms with Crippen LogP contribution < -0.4 is 10.6 Å². The van der Waals surface area contributed by atoms with Crippen LogP contribution in [0.4, 0.5) is 4.79 Å². The standard InChI is InChI=1S/C11H22N2O2/c1-11(2,3)15-10(14)13-9-6-5-8(7-9)12-4/h8-9,12H,5-7H2,1-4H3,(H,13,14)/t8-,9+/m1/s1. The minimum Gasteiger partial charge on any atom is -0.444 e. The highest BCUT2D eigenvalue weighted by atomic mass is 16.6. The van der Waals surface area contributed by atoms with E-state index >= 15 is 0 Å². The monoisotopic (exact) mass is 214 g/mol. The Morgan fingerprint density at radius 2 is 1.87 bits per heavy atom. The summed E-state index contributed by atoms with van der Waals surface area (Å²) in [6, 6.07) is 0.794. The summed E-state index contributed by atoms with van der Waals surface area (Å²) >= 11 is 0. The molecule has 4 nitrogen and oxygen atoms in total. The van der Waals surface area contributed by atoms with Gasteiger partial charge in [0.25, 0.3) is 0 Å². The van der Waals surface area contributed by atoms with Gasteiger partial charge in [-0.3, -0.25) is 0 Å². The molecule has 0 aromatic carbocycles. The van der Waals surface area contributed by atoms with Crippen LogP contribution in [0.1, 0.15) is 40.0 Å². The summed E-state index contributed by atoms with van der Waals surface area (Å²) in [5.74, 6) is 0. The number of ether oxygens (including phenoxy) is 1. The first-order valence-corrected chi connectivity index (χ1v) is 5.57. The van der Waals surface area contributed by atoms with Crippen molar-refractivity contribution in [1.29, 1.82) is 0 Å². The Hall–Kier alpha value is -0.770. The van der Waals surface area contributed by atoms with E-state index in [1.54, 1.807) is 0 Å². The number of alkyl carbamates (subject to hydrolysis) is 1. The smallest absolute Gasteiger partial charge is 0.407 e. The van der Waals surface area contributed by atoms with Crippen LogP contribution in [0.5, 0.6) is 0 Å². The Labute approximate surface area is 91.8 Å². The first-order chi connectivity index (χ1) is 6.90. The van der Waals surface area contributed by atoms with Crippen molar-refractivity contribution in [1.82, 2.24) is 10.6 Å². The summed E-state index contributed by atoms with van der Waals surface area (Å²) in [5.41, 5.74) is -0.412. The van der Waals surface area contributed by atoms with Gasteiger partial charge in [-0.25, -0.2) is 4.79 Å². The van der Waals surface area contributed by atoms with E-state index in [0.717, 1.165) is 19.3 Å². The molecule has 0 aliphatic heterocycles. The van der Waals surface area contributed by atoms with Crippen LogP contribution in [0, 0.1) is 0 Å². The number of hydrogen-bond donors (Lipinski definition) is 2. The van der Waals surface area contributed by atoms with Gasteiger partial charge in [0.2, 0.25) is 0 Å². The molecule has 0 spiro atoms. The highest BCUT2D eigenvalue weighted by Crippen LogP contribution is 2.19. The molecule has 0 heterocycles. The average molecular weight is 214 g/mol. The SMILES string of the molecule is CN[C@@H]1CC[C@H](NC(=O)OC(C)(C)C)C1. The van der Waals surface area contributed by atoms with Gasteiger partial charge < -0.3 is 15.4 Å². The number of rotatable bonds is 2. The van der Waals surface area contributed by atoms with Crippen molar-refractivity contribution in [2.45, 2.75) is 57.7 Å². The third kappa shape index (κ3) is 4.51. The third-order valence-corrected chi connectivity index (χ3v) is 2.56. The fourth-order valence-electron chi connectivity index (χ4n) is 1.85. The van der Waals surface area contributed by atoms with Gasteiger partial charge in [0.05, 0.1) is 0 Å². The van der Waals surface area contributed by atoms with E-state index in [1.807, 2.05) is 27.8 Å². The lowest BCUT2D eigenvalue weighted by atomic mass is 10.2. The number of carbonyl (C=O) groups excluding carboxylic acids is 1. The van der Waals surface area contributed by atoms with Crippen molar-refractivity contribution in [3.8, 4) is 0 Å². The molecule has 0 radical (unpaired) electrons. The predicted octanol–water partition coefficient (Wildman–Crippen LogP) is 1.65. The van der Waals surface area contributed by atoms with Gasteiger partial charge in [-0.2, -0.15) is 0 Å². The van der Waals surface area contributed by atoms with Crippen LogP contribution in [0.3, 0.4) is 0 Å². The summed E-state index contributed by atoms with van der Waals surface area (Å²) in [4.78, 5) is 11.5. The van der Waals surface area contributed by atoms with Crippen molar-refractivity contribution in [2.24, 2.45) is 0 Å². The Kier molecular flexibility index (Phi) is 3.97. The molecule has 88 valence electrons. The molecule has 2 atom stereocenters. The first kappa shape index (κ1) is 12.3. The van der Waals surface area contributed by atoms with Crippen LogP contribution in [0.25, 0.3) is 0 Å². The molecule has 1 fully saturated rings. The largest absolute Gasteiger partial charge is 0.444 e. The van der Waals surface area contributed by atoms with Gasteiger partial charge in [0.1, 0.15) is 5.60 Å². The summed E-state index contributed by atoms with van der Waals surface area (Å²) in [5, 5.41) is 6.12. The second-order valence-corrected chi connectivity index (χ2v) is 5.14. The fourth-order valence-corrected chi connectivity index (χ4v) is 1.85. The molecule has 1 saturated carbocycles. The van der Waals surface area contributed by atoms with Gasteiger partial charge in [-0.05, 0) is 47.1 Å². The van der Waals surface area contributed by atoms with Crippen LogP contribution >= 0.6 is 0 Å². The lowest BCUT2D eigenvalue weighted by Gasteiger charge is -2.21. The maximum atomic E-state index is 11.5. The lowest BCUT2D eigenvalue weighted by Crippen LogP contribution is -2.38. The van der Waals surface area contributed by atoms with Crippen molar-refractivity contribution < 1.29 is 9.53 Å². The Morgan fingerprint density at radius 1 is 1.27 bits per heavy atom. The molecule has 1 aliphatic rings. The molecule has 0 bridgehead atoms. The molecule has 0 saturated heterocycles. The van der Waals surface area contributed by atoms with Crippen molar-refractivity contribution in [3.63, 3.8) is 0 Å². The third-order valence-electron chi connectivity index (χ3n) is 2.56. The van der Waals surface area contributed by atoms with E-state index in [4.69, 9.17) is 4.74 Å². The van der Waals surface area contributed by atoms with E-state index < -0.39 is 5.60 Å². The minimum atomic E-state index is -0.412. The Bertz CT molecular complexity index is 223. The topological polar surface area (TPSA) is 50.4 Å². The van der Waals surface area contributed by atoms with Gasteiger partial charge in [-0.1, -0.05) is 0 Å². The second-order valence-electron chi connectivity index (χ2n) is 5.14. The second kappa shape index (κ2) is 4.84. The molecule has 1 amide bonds. The highest BCUT2D eigenvalue weighted by molar-refractivity contribution is 5.68. The van der Waals surface area contributed by atoms with E-state index in [2.05, 4.69) is 10.6 Å². The van der Waals surface area contributed by atoms with Crippen molar-refractivity contribution in [3.05, 3.63) is 0 Å². The van der Waals surface area contributed by atoms with E-state index in [-0.39, 0.29) is 12.1 Å². The predicted molar refractivity (Wildman–Crippen MR) is 59.9 cm³/mol. The van der Waals surface area contributed by atoms with Crippen LogP contribution in [-0.2, 0) is 4.74 Å². The number of amides is 1. The summed E-state index contributed by atoms with van der Waals surface area (Å²) in [6.45, 7) is 5.62. The molecule has 1 aliphatic carbocycles. The lowest BCUT2D eigenvalue weighted by molar-refractivity contribution is 0.0505. The maximum absolute atomic E-state index is 11.5. The zero-order valence-electron chi connectivity index (χ0n) is 10.1. The van der Waals surface area contributed by atoms with Gasteiger partial charge in [0.15, 0.2) is 0 Å². The van der Waals surface area contributed by atoms with Crippen LogP contribution in [-0.4, -0.2) is 30.8 Å². The van der Waals surface area contributed by atoms with Crippen LogP contribution in [0.15, 0.2) is 0 Å². The molecule has 0 aromatic heterocycles. The van der Waals surface area contributed by atoms with E-state index in [0.29, 0.717) is 6.04 Å². The van der Waals surface area contributed by atoms with Crippen molar-refractivity contribution >= 4 is 6.09 Å². The van der Waals surface area contributed by atoms with Gasteiger partial charge >= 0.3 is 6.09 Å². The minimum absolute atomic E-state index is 0.261. The summed E-state index contributed by atoms with van der Waals surface area (Å²) in [7, 11) is 1.96. The zero-order chi connectivity index (χ0) is 11.5. The number of carbonyl (C=O) groups is 1. The molecule has 15 heavy (non-hydrogen) atoms. The quantitative estimate of drug-likeness (QED) is 0.735. The maximum Gasteiger partial charge on any atom is 0.407 e. The summed E-state index contributed by atoms with van der Waals surface area (Å²) < 4.78 is 5.20. The zero-order valence-corrected chi connectivity index (χ0v) is 10.1. The van der Waals surface area contributed by atoms with Gasteiger partial charge in [0, 0.05) is 12.1 Å². The van der Waals surface area contributed by atoms with Crippen molar-refractivity contribution in [2.75, 3.05) is 7.05 Å². The number of nitrogens with one attached hydrogen (secondary N) is 2. The molecule has 0 unspecified atom stereocenters. The van der Waals surface area contributed by atoms with Gasteiger partial charge in [-0.15, -0.1) is 0 Å². The normalized spacial score (nSPS) is 26.4. The molecular formula is C11H22N2O2. The van der Waals surface area contributed by atoms with Crippen LogP contribution in [0.2, 0.25) is 0 Å². The molecule has 4 heteroatoms. The molecule has 2 N–H and O–H groups in total. The molecule has 1 rings (SSSR count). The number of hydrogen-bond acceptors (Lipinski definition) is 3. The average Bonchev–Trinajstić information content (AvgIpc) is 2.48. The Morgan fingerprint density at radius 3 is 2.33 bits per heavy atom. The highest BCUT2D eigenvalue weighted by Gasteiger charge is 2.26. The summed E-state index contributed by atoms with van der Waals surface area (Å²) in [6.07, 6.45) is 2.85.